The summed E-state index contributed by atoms with van der Waals surface area (Å²) >= 11 is 6.12. The Morgan fingerprint density at radius 1 is 1.16 bits per heavy atom. The van der Waals surface area contributed by atoms with Gasteiger partial charge in [0.1, 0.15) is 11.6 Å². The summed E-state index contributed by atoms with van der Waals surface area (Å²) in [5.74, 6) is -0.0377. The molecule has 3 amide bonds. The molecular formula is C24H19ClFN3O3. The van der Waals surface area contributed by atoms with Crippen molar-refractivity contribution < 1.29 is 18.7 Å². The van der Waals surface area contributed by atoms with Crippen LogP contribution in [0.5, 0.6) is 5.75 Å². The van der Waals surface area contributed by atoms with Gasteiger partial charge in [-0.05, 0) is 73.7 Å². The molecule has 3 aromatic carbocycles. The van der Waals surface area contributed by atoms with Crippen LogP contribution in [0.1, 0.15) is 35.3 Å². The molecule has 8 heteroatoms. The predicted molar refractivity (Wildman–Crippen MR) is 120 cm³/mol. The fraction of sp³-hybridized carbons (Fsp3) is 0.167. The Kier molecular flexibility index (Phi) is 4.78. The number of fused-ring (bicyclic) bond motifs is 4. The molecule has 2 atom stereocenters. The number of benzene rings is 3. The van der Waals surface area contributed by atoms with Gasteiger partial charge in [-0.25, -0.2) is 9.18 Å². The Morgan fingerprint density at radius 2 is 1.88 bits per heavy atom. The zero-order chi connectivity index (χ0) is 22.5. The first-order valence-corrected chi connectivity index (χ1v) is 10.5. The molecule has 6 nitrogen and oxygen atoms in total. The van der Waals surface area contributed by atoms with Gasteiger partial charge < -0.3 is 15.4 Å². The average molecular weight is 452 g/mol. The third-order valence-corrected chi connectivity index (χ3v) is 5.96. The molecular weight excluding hydrogens is 433 g/mol. The average Bonchev–Trinajstić information content (AvgIpc) is 2.76. The number of amides is 3. The quantitative estimate of drug-likeness (QED) is 0.552. The molecule has 1 fully saturated rings. The minimum absolute atomic E-state index is 0.202. The normalized spacial score (nSPS) is 21.3. The lowest BCUT2D eigenvalue weighted by atomic mass is 9.90. The molecule has 32 heavy (non-hydrogen) atoms. The number of ether oxygens (including phenoxy) is 1. The monoisotopic (exact) mass is 451 g/mol. The van der Waals surface area contributed by atoms with Crippen LogP contribution < -0.4 is 20.3 Å². The van der Waals surface area contributed by atoms with E-state index < -0.39 is 5.72 Å². The van der Waals surface area contributed by atoms with E-state index in [4.69, 9.17) is 16.3 Å². The van der Waals surface area contributed by atoms with Gasteiger partial charge in [-0.1, -0.05) is 11.6 Å². The number of nitrogens with zero attached hydrogens (tertiary/aromatic N) is 1. The van der Waals surface area contributed by atoms with Crippen molar-refractivity contribution in [2.75, 3.05) is 10.2 Å². The maximum absolute atomic E-state index is 13.1. The van der Waals surface area contributed by atoms with Gasteiger partial charge in [0, 0.05) is 33.9 Å². The molecule has 2 aliphatic rings. The van der Waals surface area contributed by atoms with Crippen LogP contribution in [0.2, 0.25) is 5.02 Å². The van der Waals surface area contributed by atoms with Gasteiger partial charge in [0.25, 0.3) is 5.91 Å². The van der Waals surface area contributed by atoms with Crippen LogP contribution in [-0.2, 0) is 0 Å². The number of carbonyl (C=O) groups excluding carboxylic acids is 2. The molecule has 2 aliphatic heterocycles. The van der Waals surface area contributed by atoms with E-state index in [0.29, 0.717) is 34.1 Å². The smallest absolute Gasteiger partial charge is 0.325 e. The lowest BCUT2D eigenvalue weighted by molar-refractivity contribution is 0.0379. The summed E-state index contributed by atoms with van der Waals surface area (Å²) in [5.41, 5.74) is 1.45. The molecule has 0 spiro atoms. The molecule has 3 aromatic rings. The van der Waals surface area contributed by atoms with Crippen molar-refractivity contribution in [2.24, 2.45) is 0 Å². The van der Waals surface area contributed by atoms with E-state index in [-0.39, 0.29) is 23.8 Å². The van der Waals surface area contributed by atoms with Crippen molar-refractivity contribution >= 4 is 34.9 Å². The van der Waals surface area contributed by atoms with Crippen LogP contribution in [-0.4, -0.2) is 17.7 Å². The van der Waals surface area contributed by atoms with E-state index >= 15 is 0 Å². The van der Waals surface area contributed by atoms with E-state index in [1.165, 1.54) is 24.3 Å². The minimum Gasteiger partial charge on any atom is -0.467 e. The van der Waals surface area contributed by atoms with Crippen LogP contribution in [0.15, 0.2) is 66.7 Å². The minimum atomic E-state index is -0.897. The van der Waals surface area contributed by atoms with Gasteiger partial charge in [0.05, 0.1) is 6.04 Å². The zero-order valence-electron chi connectivity index (χ0n) is 17.1. The van der Waals surface area contributed by atoms with Crippen molar-refractivity contribution in [1.29, 1.82) is 0 Å². The van der Waals surface area contributed by atoms with Crippen molar-refractivity contribution in [3.05, 3.63) is 88.7 Å². The number of anilines is 2. The highest BCUT2D eigenvalue weighted by Crippen LogP contribution is 2.46. The first-order chi connectivity index (χ1) is 15.3. The summed E-state index contributed by atoms with van der Waals surface area (Å²) in [6.45, 7) is 1.87. The molecule has 5 rings (SSSR count). The summed E-state index contributed by atoms with van der Waals surface area (Å²) < 4.78 is 19.3. The lowest BCUT2D eigenvalue weighted by Gasteiger charge is -2.50. The van der Waals surface area contributed by atoms with Gasteiger partial charge >= 0.3 is 6.03 Å². The third kappa shape index (κ3) is 3.54. The van der Waals surface area contributed by atoms with Crippen LogP contribution in [0, 0.1) is 5.82 Å². The van der Waals surface area contributed by atoms with Gasteiger partial charge in [0.15, 0.2) is 5.72 Å². The number of urea groups is 1. The molecule has 1 saturated heterocycles. The zero-order valence-corrected chi connectivity index (χ0v) is 17.8. The number of carbonyl (C=O) groups is 2. The standard InChI is InChI=1S/C24H19ClFN3O3/c1-24-13-20(19-12-15(25)4-11-21(19)32-24)28-23(31)29(24)18-9-2-14(3-10-18)22(30)27-17-7-5-16(26)6-8-17/h2-12,20H,13H2,1H3,(H,27,30)(H,28,31)/t20-,24-/m1/s1. The predicted octanol–water partition coefficient (Wildman–Crippen LogP) is 5.50. The number of nitrogens with one attached hydrogen (secondary N) is 2. The summed E-state index contributed by atoms with van der Waals surface area (Å²) in [5, 5.41) is 6.32. The summed E-state index contributed by atoms with van der Waals surface area (Å²) in [7, 11) is 0. The molecule has 0 aliphatic carbocycles. The van der Waals surface area contributed by atoms with E-state index in [0.717, 1.165) is 5.56 Å². The van der Waals surface area contributed by atoms with Crippen LogP contribution >= 0.6 is 11.6 Å². The maximum atomic E-state index is 13.1. The third-order valence-electron chi connectivity index (χ3n) is 5.72. The molecule has 162 valence electrons. The Morgan fingerprint density at radius 3 is 2.59 bits per heavy atom. The first kappa shape index (κ1) is 20.3. The van der Waals surface area contributed by atoms with Gasteiger partial charge in [-0.3, -0.25) is 9.69 Å². The summed E-state index contributed by atoms with van der Waals surface area (Å²) in [6.07, 6.45) is 0.541. The van der Waals surface area contributed by atoms with Gasteiger partial charge in [-0.2, -0.15) is 0 Å². The maximum Gasteiger partial charge on any atom is 0.325 e. The molecule has 2 heterocycles. The van der Waals surface area contributed by atoms with E-state index in [1.807, 2.05) is 13.0 Å². The molecule has 2 bridgehead atoms. The van der Waals surface area contributed by atoms with Crippen molar-refractivity contribution in [1.82, 2.24) is 5.32 Å². The SMILES string of the molecule is C[C@@]12C[C@@H](NC(=O)N1c1ccc(C(=O)Nc3ccc(F)cc3)cc1)c1cc(Cl)ccc1O2. The highest BCUT2D eigenvalue weighted by Gasteiger charge is 2.49. The first-order valence-electron chi connectivity index (χ1n) is 10.1. The highest BCUT2D eigenvalue weighted by atomic mass is 35.5. The Bertz CT molecular complexity index is 1220. The highest BCUT2D eigenvalue weighted by molar-refractivity contribution is 6.30. The van der Waals surface area contributed by atoms with Crippen molar-refractivity contribution in [3.63, 3.8) is 0 Å². The van der Waals surface area contributed by atoms with E-state index in [9.17, 15) is 14.0 Å². The van der Waals surface area contributed by atoms with Gasteiger partial charge in [0.2, 0.25) is 0 Å². The van der Waals surface area contributed by atoms with Crippen molar-refractivity contribution in [2.45, 2.75) is 25.1 Å². The summed E-state index contributed by atoms with van der Waals surface area (Å²) in [4.78, 5) is 27.1. The second-order valence-corrected chi connectivity index (χ2v) is 8.45. The summed E-state index contributed by atoms with van der Waals surface area (Å²) in [6, 6.07) is 17.1. The fourth-order valence-electron chi connectivity index (χ4n) is 4.23. The number of hydrogen-bond donors (Lipinski definition) is 2. The number of halogens is 2. The van der Waals surface area contributed by atoms with Crippen LogP contribution in [0.3, 0.4) is 0 Å². The Labute approximate surface area is 188 Å². The Balaban J connectivity index is 1.39. The molecule has 0 saturated carbocycles. The molecule has 0 aromatic heterocycles. The van der Waals surface area contributed by atoms with Crippen LogP contribution in [0.25, 0.3) is 0 Å². The molecule has 2 N–H and O–H groups in total. The second kappa shape index (κ2) is 7.53. The topological polar surface area (TPSA) is 70.7 Å². The van der Waals surface area contributed by atoms with E-state index in [2.05, 4.69) is 10.6 Å². The second-order valence-electron chi connectivity index (χ2n) is 8.01. The number of rotatable bonds is 3. The van der Waals surface area contributed by atoms with Gasteiger partial charge in [-0.15, -0.1) is 0 Å². The number of hydrogen-bond acceptors (Lipinski definition) is 3. The lowest BCUT2D eigenvalue weighted by Crippen LogP contribution is -2.65. The fourth-order valence-corrected chi connectivity index (χ4v) is 4.42. The van der Waals surface area contributed by atoms with E-state index in [1.54, 1.807) is 41.3 Å². The Hall–Kier alpha value is -3.58. The molecule has 0 unspecified atom stereocenters. The van der Waals surface area contributed by atoms with Crippen LogP contribution in [0.4, 0.5) is 20.6 Å². The molecule has 0 radical (unpaired) electrons. The van der Waals surface area contributed by atoms with Crippen molar-refractivity contribution in [3.8, 4) is 5.75 Å². The largest absolute Gasteiger partial charge is 0.467 e.